The lowest BCUT2D eigenvalue weighted by Gasteiger charge is -2.38. The Kier molecular flexibility index (Phi) is 11.2. The number of rotatable bonds is 8. The molecular weight excluding hydrogens is 741 g/mol. The monoisotopic (exact) mass is 749 g/mol. The van der Waals surface area contributed by atoms with Crippen LogP contribution in [0.25, 0.3) is 0 Å². The highest BCUT2D eigenvalue weighted by Crippen LogP contribution is 2.53. The second kappa shape index (κ2) is 14.0. The third kappa shape index (κ3) is 5.69. The summed E-state index contributed by atoms with van der Waals surface area (Å²) in [6.45, 7) is -2.29. The van der Waals surface area contributed by atoms with Gasteiger partial charge in [0.15, 0.2) is 23.3 Å². The van der Waals surface area contributed by atoms with E-state index >= 15 is 26.3 Å². The van der Waals surface area contributed by atoms with Crippen LogP contribution in [0.5, 0.6) is 0 Å². The lowest BCUT2D eigenvalue weighted by molar-refractivity contribution is 0.311. The van der Waals surface area contributed by atoms with Crippen LogP contribution in [0, 0.1) is 116 Å². The topological polar surface area (TPSA) is 0 Å². The molecule has 50 heavy (non-hydrogen) atoms. The summed E-state index contributed by atoms with van der Waals surface area (Å²) in [6.07, 6.45) is -4.31. The highest BCUT2D eigenvalue weighted by Gasteiger charge is 2.55. The van der Waals surface area contributed by atoms with E-state index in [2.05, 4.69) is 0 Å². The van der Waals surface area contributed by atoms with Crippen molar-refractivity contribution in [2.24, 2.45) is 0 Å². The molecule has 1 nitrogen and oxygen atoms in total. The van der Waals surface area contributed by atoms with Crippen molar-refractivity contribution in [3.63, 3.8) is 0 Å². The molecule has 0 fully saturated rings. The number of halogens is 20. The van der Waals surface area contributed by atoms with Crippen molar-refractivity contribution in [1.29, 1.82) is 0 Å². The molecule has 0 aliphatic carbocycles. The van der Waals surface area contributed by atoms with Crippen LogP contribution in [-0.2, 0) is 6.42 Å². The average Bonchev–Trinajstić information content (AvgIpc) is 3.07. The maximum Gasteiger partial charge on any atom is 0.226 e. The Morgan fingerprint density at radius 1 is 0.260 bits per heavy atom. The molecule has 0 atom stereocenters. The van der Waals surface area contributed by atoms with E-state index in [1.165, 1.54) is 0 Å². The number of hydrogen-bond acceptors (Lipinski definition) is 0. The molecule has 0 amide bonds. The molecule has 3 radical (unpaired) electrons. The third-order valence-electron chi connectivity index (χ3n) is 7.18. The molecule has 267 valence electrons. The zero-order valence-electron chi connectivity index (χ0n) is 23.4. The number of nitrogens with zero attached hydrogens (tertiary/aromatic N) is 1. The van der Waals surface area contributed by atoms with Crippen LogP contribution in [0.15, 0.2) is 0 Å². The van der Waals surface area contributed by atoms with Crippen molar-refractivity contribution in [2.45, 2.75) is 19.3 Å². The van der Waals surface area contributed by atoms with E-state index < -0.39 is 169 Å². The minimum absolute atomic E-state index is 0. The van der Waals surface area contributed by atoms with Gasteiger partial charge in [0.05, 0.1) is 6.54 Å². The summed E-state index contributed by atoms with van der Waals surface area (Å²) in [4.78, 5) is 0. The molecule has 0 aromatic heterocycles. The molecule has 4 aromatic rings. The van der Waals surface area contributed by atoms with Crippen molar-refractivity contribution in [1.82, 2.24) is 4.48 Å². The molecule has 0 spiro atoms. The zero-order chi connectivity index (χ0) is 37.2. The Morgan fingerprint density at radius 3 is 0.700 bits per heavy atom. The largest absolute Gasteiger partial charge is 0.226 e. The van der Waals surface area contributed by atoms with Gasteiger partial charge in [0, 0.05) is 14.0 Å². The van der Waals surface area contributed by atoms with E-state index in [4.69, 9.17) is 0 Å². The summed E-state index contributed by atoms with van der Waals surface area (Å²) in [5, 5.41) is 0. The SMILES string of the molecule is Fc1c(F)c(F)c(CCCC[N+](c2c(F)c(F)c(F)c(F)c2F)(c2c(F)c(F)c(F)c(F)c2F)c2c(F)c(F)c(F)c(F)c2F)c(F)c1F.[B]. The fraction of sp³-hybridized carbons (Fsp3) is 0.143. The molecule has 0 saturated carbocycles. The van der Waals surface area contributed by atoms with E-state index in [0.29, 0.717) is 0 Å². The van der Waals surface area contributed by atoms with Gasteiger partial charge in [-0.15, -0.1) is 0 Å². The summed E-state index contributed by atoms with van der Waals surface area (Å²) >= 11 is 0. The molecule has 0 N–H and O–H groups in total. The summed E-state index contributed by atoms with van der Waals surface area (Å²) in [5.41, 5.74) is -10.8. The minimum atomic E-state index is -3.81. The van der Waals surface area contributed by atoms with E-state index in [1.807, 2.05) is 0 Å². The molecular formula is C28H8BF20N+. The highest BCUT2D eigenvalue weighted by atomic mass is 19.2. The summed E-state index contributed by atoms with van der Waals surface area (Å²) < 4.78 is 286. The number of unbranched alkanes of at least 4 members (excludes halogenated alkanes) is 1. The third-order valence-corrected chi connectivity index (χ3v) is 7.18. The lowest BCUT2D eigenvalue weighted by atomic mass is 10.0. The molecule has 0 saturated heterocycles. The summed E-state index contributed by atoms with van der Waals surface area (Å²) in [7, 11) is 0. The van der Waals surface area contributed by atoms with Gasteiger partial charge in [-0.2, -0.15) is 26.3 Å². The second-order valence-electron chi connectivity index (χ2n) is 9.79. The van der Waals surface area contributed by atoms with Gasteiger partial charge in [-0.3, -0.25) is 0 Å². The summed E-state index contributed by atoms with van der Waals surface area (Å²) in [6, 6.07) is 0. The molecule has 0 aliphatic heterocycles. The molecule has 0 heterocycles. The number of hydrogen-bond donors (Lipinski definition) is 0. The minimum Gasteiger partial charge on any atom is -0.211 e. The van der Waals surface area contributed by atoms with Crippen LogP contribution >= 0.6 is 0 Å². The Hall–Kier alpha value is -4.50. The van der Waals surface area contributed by atoms with E-state index in [-0.39, 0.29) is 8.41 Å². The molecule has 0 bridgehead atoms. The maximum atomic E-state index is 15.4. The first-order chi connectivity index (χ1) is 22.7. The van der Waals surface area contributed by atoms with Crippen LogP contribution in [0.4, 0.5) is 105 Å². The fourth-order valence-electron chi connectivity index (χ4n) is 4.98. The summed E-state index contributed by atoms with van der Waals surface area (Å²) in [5.74, 6) is -61.6. The number of benzene rings is 4. The smallest absolute Gasteiger partial charge is 0.211 e. The van der Waals surface area contributed by atoms with Gasteiger partial charge in [0.25, 0.3) is 0 Å². The van der Waals surface area contributed by atoms with Crippen molar-refractivity contribution >= 4 is 25.5 Å². The van der Waals surface area contributed by atoms with Gasteiger partial charge in [0.2, 0.25) is 110 Å². The first kappa shape index (κ1) is 39.9. The standard InChI is InChI=1S/C28H8F20N.B/c29-6-5(7(30)9(32)10(33)8(6)31)3-1-2-4-49(26-20(43)14(37)11(34)15(38)21(26)44,27-22(45)16(39)12(35)17(40)23(27)46)28-24(47)18(41)13(36)19(42)25(28)48;/h1-4H2;/q+1;. The quantitative estimate of drug-likeness (QED) is 0.0421. The zero-order valence-corrected chi connectivity index (χ0v) is 23.4. The first-order valence-corrected chi connectivity index (χ1v) is 12.6. The normalized spacial score (nSPS) is 11.8. The Morgan fingerprint density at radius 2 is 0.460 bits per heavy atom. The molecule has 0 aliphatic rings. The van der Waals surface area contributed by atoms with Crippen molar-refractivity contribution < 1.29 is 87.8 Å². The van der Waals surface area contributed by atoms with Crippen LogP contribution in [-0.4, -0.2) is 15.0 Å². The molecule has 4 rings (SSSR count). The van der Waals surface area contributed by atoms with Gasteiger partial charge < -0.3 is 0 Å². The van der Waals surface area contributed by atoms with Gasteiger partial charge in [0.1, 0.15) is 0 Å². The number of quaternary nitrogens is 1. The van der Waals surface area contributed by atoms with Crippen molar-refractivity contribution in [3.05, 3.63) is 122 Å². The maximum absolute atomic E-state index is 15.4. The second-order valence-corrected chi connectivity index (χ2v) is 9.79. The van der Waals surface area contributed by atoms with Crippen molar-refractivity contribution in [3.8, 4) is 0 Å². The lowest BCUT2D eigenvalue weighted by Crippen LogP contribution is -2.46. The molecule has 22 heteroatoms. The van der Waals surface area contributed by atoms with Crippen LogP contribution in [0.2, 0.25) is 0 Å². The molecule has 0 unspecified atom stereocenters. The first-order valence-electron chi connectivity index (χ1n) is 12.6. The van der Waals surface area contributed by atoms with Gasteiger partial charge in [-0.05, 0) is 19.3 Å². The van der Waals surface area contributed by atoms with Gasteiger partial charge in [-0.25, -0.2) is 65.9 Å². The van der Waals surface area contributed by atoms with E-state index in [0.717, 1.165) is 0 Å². The Bertz CT molecular complexity index is 1760. The van der Waals surface area contributed by atoms with Crippen LogP contribution < -0.4 is 4.48 Å². The van der Waals surface area contributed by atoms with E-state index in [1.54, 1.807) is 0 Å². The Balaban J connectivity index is 0.00000676. The van der Waals surface area contributed by atoms with Crippen LogP contribution in [0.3, 0.4) is 0 Å². The van der Waals surface area contributed by atoms with Gasteiger partial charge >= 0.3 is 0 Å². The average molecular weight is 749 g/mol. The molecule has 4 aromatic carbocycles. The van der Waals surface area contributed by atoms with E-state index in [9.17, 15) is 61.5 Å². The predicted octanol–water partition coefficient (Wildman–Crippen LogP) is 10.1. The fourth-order valence-corrected chi connectivity index (χ4v) is 4.98. The predicted molar refractivity (Wildman–Crippen MR) is 130 cm³/mol. The van der Waals surface area contributed by atoms with Crippen molar-refractivity contribution in [2.75, 3.05) is 6.54 Å². The van der Waals surface area contributed by atoms with Gasteiger partial charge in [-0.1, -0.05) is 0 Å². The van der Waals surface area contributed by atoms with Crippen LogP contribution in [0.1, 0.15) is 18.4 Å². The highest BCUT2D eigenvalue weighted by molar-refractivity contribution is 5.76. The Labute approximate surface area is 266 Å².